The van der Waals surface area contributed by atoms with Crippen LogP contribution in [0.5, 0.6) is 0 Å². The van der Waals surface area contributed by atoms with Crippen molar-refractivity contribution in [3.8, 4) is 23.1 Å². The molecule has 0 amide bonds. The highest BCUT2D eigenvalue weighted by Crippen LogP contribution is 2.37. The van der Waals surface area contributed by atoms with Crippen LogP contribution < -0.4 is 5.32 Å². The zero-order chi connectivity index (χ0) is 27.9. The first-order valence-electron chi connectivity index (χ1n) is 10.9. The predicted molar refractivity (Wildman–Crippen MR) is 120 cm³/mol. The maximum absolute atomic E-state index is 13.7. The average molecular weight is 560 g/mol. The standard InChI is InChI=1S/C21H18F6N8O2S/c1-38(36,37)35-6-4-12(5-7-35)32-19-29-9-14(20(22,23)24)17(33-19)15-10-34(11-30-15)16-3-2-13(8-28)31-18(16)21(25,26)27/h2-3,9-12H,4-7H2,1H3,(H,29,32,33). The van der Waals surface area contributed by atoms with Crippen LogP contribution in [0.25, 0.3) is 17.1 Å². The van der Waals surface area contributed by atoms with Gasteiger partial charge >= 0.3 is 12.4 Å². The summed E-state index contributed by atoms with van der Waals surface area (Å²) in [6.45, 7) is 0.406. The van der Waals surface area contributed by atoms with E-state index >= 15 is 0 Å². The molecule has 0 aromatic carbocycles. The van der Waals surface area contributed by atoms with Gasteiger partial charge in [-0.25, -0.2) is 32.7 Å². The van der Waals surface area contributed by atoms with Gasteiger partial charge in [0.1, 0.15) is 35.0 Å². The number of aromatic nitrogens is 5. The first-order valence-corrected chi connectivity index (χ1v) is 12.7. The molecule has 0 radical (unpaired) electrons. The Morgan fingerprint density at radius 1 is 1.05 bits per heavy atom. The third kappa shape index (κ3) is 5.86. The van der Waals surface area contributed by atoms with Crippen LogP contribution in [-0.4, -0.2) is 62.6 Å². The molecule has 4 rings (SSSR count). The van der Waals surface area contributed by atoms with Crippen molar-refractivity contribution < 1.29 is 34.8 Å². The van der Waals surface area contributed by atoms with Gasteiger partial charge in [-0.3, -0.25) is 0 Å². The van der Waals surface area contributed by atoms with E-state index in [1.807, 2.05) is 0 Å². The maximum atomic E-state index is 13.7. The molecule has 0 bridgehead atoms. The second-order valence-corrected chi connectivity index (χ2v) is 10.4. The summed E-state index contributed by atoms with van der Waals surface area (Å²) in [5.41, 5.74) is -4.76. The highest BCUT2D eigenvalue weighted by atomic mass is 32.2. The Labute approximate surface area is 212 Å². The topological polar surface area (TPSA) is 130 Å². The van der Waals surface area contributed by atoms with Crippen LogP contribution in [0, 0.1) is 11.3 Å². The van der Waals surface area contributed by atoms with Crippen molar-refractivity contribution in [2.24, 2.45) is 0 Å². The van der Waals surface area contributed by atoms with Crippen molar-refractivity contribution in [1.82, 2.24) is 28.8 Å². The van der Waals surface area contributed by atoms with Gasteiger partial charge in [0, 0.05) is 31.5 Å². The molecule has 1 fully saturated rings. The molecule has 0 saturated carbocycles. The summed E-state index contributed by atoms with van der Waals surface area (Å²) in [6.07, 6.45) is -5.71. The fourth-order valence-corrected chi connectivity index (χ4v) is 4.75. The number of sulfonamides is 1. The number of rotatable bonds is 5. The first-order chi connectivity index (χ1) is 17.7. The van der Waals surface area contributed by atoms with E-state index in [4.69, 9.17) is 5.26 Å². The highest BCUT2D eigenvalue weighted by molar-refractivity contribution is 7.88. The molecule has 38 heavy (non-hydrogen) atoms. The molecule has 4 heterocycles. The number of hydrogen-bond donors (Lipinski definition) is 1. The zero-order valence-electron chi connectivity index (χ0n) is 19.4. The Morgan fingerprint density at radius 3 is 2.32 bits per heavy atom. The Kier molecular flexibility index (Phi) is 7.05. The number of imidazole rings is 1. The van der Waals surface area contributed by atoms with Crippen molar-refractivity contribution in [1.29, 1.82) is 5.26 Å². The largest absolute Gasteiger partial charge is 0.435 e. The van der Waals surface area contributed by atoms with Gasteiger partial charge in [0.25, 0.3) is 0 Å². The monoisotopic (exact) mass is 560 g/mol. The normalized spacial score (nSPS) is 15.8. The molecule has 10 nitrogen and oxygen atoms in total. The minimum absolute atomic E-state index is 0.184. The minimum Gasteiger partial charge on any atom is -0.351 e. The molecule has 1 N–H and O–H groups in total. The molecule has 0 atom stereocenters. The van der Waals surface area contributed by atoms with E-state index in [1.165, 1.54) is 10.4 Å². The lowest BCUT2D eigenvalue weighted by atomic mass is 10.1. The van der Waals surface area contributed by atoms with Gasteiger partial charge in [-0.1, -0.05) is 0 Å². The molecule has 1 saturated heterocycles. The van der Waals surface area contributed by atoms with E-state index < -0.39 is 50.7 Å². The lowest BCUT2D eigenvalue weighted by Crippen LogP contribution is -2.42. The van der Waals surface area contributed by atoms with E-state index in [0.29, 0.717) is 19.0 Å². The van der Waals surface area contributed by atoms with Gasteiger partial charge in [0.2, 0.25) is 16.0 Å². The molecule has 0 aliphatic carbocycles. The number of nitrogens with zero attached hydrogens (tertiary/aromatic N) is 7. The molecule has 3 aromatic heterocycles. The van der Waals surface area contributed by atoms with Gasteiger partial charge in [-0.05, 0) is 25.0 Å². The molecule has 3 aromatic rings. The summed E-state index contributed by atoms with van der Waals surface area (Å²) in [5.74, 6) is -0.184. The number of pyridine rings is 1. The number of nitriles is 1. The summed E-state index contributed by atoms with van der Waals surface area (Å²) in [6, 6.07) is 3.17. The van der Waals surface area contributed by atoms with Gasteiger partial charge in [-0.15, -0.1) is 0 Å². The lowest BCUT2D eigenvalue weighted by Gasteiger charge is -2.30. The third-order valence-electron chi connectivity index (χ3n) is 5.71. The van der Waals surface area contributed by atoms with Crippen LogP contribution in [0.4, 0.5) is 32.3 Å². The van der Waals surface area contributed by atoms with Crippen LogP contribution in [0.15, 0.2) is 30.9 Å². The first kappa shape index (κ1) is 27.3. The Morgan fingerprint density at radius 2 is 1.74 bits per heavy atom. The van der Waals surface area contributed by atoms with E-state index in [9.17, 15) is 34.8 Å². The van der Waals surface area contributed by atoms with Crippen molar-refractivity contribution in [3.05, 3.63) is 47.8 Å². The maximum Gasteiger partial charge on any atom is 0.435 e. The fraction of sp³-hybridized carbons (Fsp3) is 0.381. The number of piperidine rings is 1. The predicted octanol–water partition coefficient (Wildman–Crippen LogP) is 3.47. The number of anilines is 1. The molecular weight excluding hydrogens is 542 g/mol. The molecule has 1 aliphatic rings. The Balaban J connectivity index is 1.68. The SMILES string of the molecule is CS(=O)(=O)N1CCC(Nc2ncc(C(F)(F)F)c(-c3cn(-c4ccc(C#N)nc4C(F)(F)F)cn3)n2)CC1. The fourth-order valence-electron chi connectivity index (χ4n) is 3.88. The van der Waals surface area contributed by atoms with E-state index in [2.05, 4.69) is 25.3 Å². The van der Waals surface area contributed by atoms with E-state index in [1.54, 1.807) is 0 Å². The Hall–Kier alpha value is -3.78. The second kappa shape index (κ2) is 9.83. The Bertz CT molecular complexity index is 1490. The van der Waals surface area contributed by atoms with Crippen molar-refractivity contribution in [2.45, 2.75) is 31.2 Å². The van der Waals surface area contributed by atoms with Crippen molar-refractivity contribution >= 4 is 16.0 Å². The molecule has 0 unspecified atom stereocenters. The lowest BCUT2D eigenvalue weighted by molar-refractivity contribution is -0.141. The van der Waals surface area contributed by atoms with Crippen molar-refractivity contribution in [3.63, 3.8) is 0 Å². The number of halogens is 6. The van der Waals surface area contributed by atoms with Crippen LogP contribution in [-0.2, 0) is 22.4 Å². The summed E-state index contributed by atoms with van der Waals surface area (Å²) in [5, 5.41) is 11.8. The second-order valence-electron chi connectivity index (χ2n) is 8.37. The molecule has 17 heteroatoms. The van der Waals surface area contributed by atoms with E-state index in [-0.39, 0.29) is 30.8 Å². The van der Waals surface area contributed by atoms with Gasteiger partial charge in [0.15, 0.2) is 5.69 Å². The quantitative estimate of drug-likeness (QED) is 0.470. The van der Waals surface area contributed by atoms with Gasteiger partial charge < -0.3 is 9.88 Å². The van der Waals surface area contributed by atoms with Crippen LogP contribution in [0.1, 0.15) is 29.8 Å². The molecule has 0 spiro atoms. The summed E-state index contributed by atoms with van der Waals surface area (Å²) < 4.78 is 107. The number of alkyl halides is 6. The zero-order valence-corrected chi connectivity index (χ0v) is 20.2. The van der Waals surface area contributed by atoms with Crippen LogP contribution in [0.3, 0.4) is 0 Å². The summed E-state index contributed by atoms with van der Waals surface area (Å²) in [7, 11) is -3.38. The molecule has 202 valence electrons. The van der Waals surface area contributed by atoms with Crippen LogP contribution in [0.2, 0.25) is 0 Å². The summed E-state index contributed by atoms with van der Waals surface area (Å²) in [4.78, 5) is 14.8. The van der Waals surface area contributed by atoms with Gasteiger partial charge in [-0.2, -0.15) is 31.6 Å². The molecular formula is C21H18F6N8O2S. The molecule has 1 aliphatic heterocycles. The third-order valence-corrected chi connectivity index (χ3v) is 7.01. The van der Waals surface area contributed by atoms with Crippen molar-refractivity contribution in [2.75, 3.05) is 24.7 Å². The minimum atomic E-state index is -4.96. The smallest absolute Gasteiger partial charge is 0.351 e. The summed E-state index contributed by atoms with van der Waals surface area (Å²) >= 11 is 0. The number of nitrogens with one attached hydrogen (secondary N) is 1. The highest BCUT2D eigenvalue weighted by Gasteiger charge is 2.38. The van der Waals surface area contributed by atoms with Gasteiger partial charge in [0.05, 0.1) is 11.9 Å². The van der Waals surface area contributed by atoms with E-state index in [0.717, 1.165) is 35.5 Å². The average Bonchev–Trinajstić information content (AvgIpc) is 3.32. The van der Waals surface area contributed by atoms with Crippen LogP contribution >= 0.6 is 0 Å². The number of hydrogen-bond acceptors (Lipinski definition) is 8.